The van der Waals surface area contributed by atoms with Crippen LogP contribution in [-0.4, -0.2) is 24.3 Å². The van der Waals surface area contributed by atoms with Crippen molar-refractivity contribution in [3.8, 4) is 0 Å². The lowest BCUT2D eigenvalue weighted by atomic mass is 9.98. The standard InChI is InChI=1S/C16H17BrFNOS/c1-11(16(20)13-5-3-4-6-14(13)18)8-19(2)9-12-7-15(17)21-10-12/h3-7,10-11H,8-9H2,1-2H3. The zero-order valence-electron chi connectivity index (χ0n) is 12.0. The van der Waals surface area contributed by atoms with Gasteiger partial charge < -0.3 is 4.90 Å². The number of benzene rings is 1. The summed E-state index contributed by atoms with van der Waals surface area (Å²) in [5.41, 5.74) is 1.39. The largest absolute Gasteiger partial charge is 0.301 e. The minimum absolute atomic E-state index is 0.147. The van der Waals surface area contributed by atoms with Crippen LogP contribution in [-0.2, 0) is 6.54 Å². The summed E-state index contributed by atoms with van der Waals surface area (Å²) in [6.45, 7) is 3.21. The first kappa shape index (κ1) is 16.3. The van der Waals surface area contributed by atoms with Gasteiger partial charge in [-0.15, -0.1) is 11.3 Å². The molecule has 21 heavy (non-hydrogen) atoms. The molecule has 1 unspecified atom stereocenters. The molecule has 2 nitrogen and oxygen atoms in total. The zero-order valence-corrected chi connectivity index (χ0v) is 14.4. The topological polar surface area (TPSA) is 20.3 Å². The Balaban J connectivity index is 1.96. The minimum atomic E-state index is -0.446. The van der Waals surface area contributed by atoms with Crippen LogP contribution in [0, 0.1) is 11.7 Å². The molecule has 0 saturated carbocycles. The van der Waals surface area contributed by atoms with Crippen LogP contribution in [0.2, 0.25) is 0 Å². The number of halogens is 2. The second-order valence-electron chi connectivity index (χ2n) is 5.20. The van der Waals surface area contributed by atoms with Gasteiger partial charge in [0.25, 0.3) is 0 Å². The molecule has 1 aromatic heterocycles. The maximum atomic E-state index is 13.6. The predicted molar refractivity (Wildman–Crippen MR) is 88.2 cm³/mol. The van der Waals surface area contributed by atoms with Crippen molar-refractivity contribution in [2.45, 2.75) is 13.5 Å². The molecule has 2 rings (SSSR count). The summed E-state index contributed by atoms with van der Waals surface area (Å²) < 4.78 is 14.7. The fourth-order valence-electron chi connectivity index (χ4n) is 2.28. The van der Waals surface area contributed by atoms with Crippen LogP contribution < -0.4 is 0 Å². The molecule has 5 heteroatoms. The third kappa shape index (κ3) is 4.46. The third-order valence-electron chi connectivity index (χ3n) is 3.25. The molecule has 0 aliphatic carbocycles. The van der Waals surface area contributed by atoms with Crippen molar-refractivity contribution in [2.24, 2.45) is 5.92 Å². The molecule has 2 aromatic rings. The molecule has 0 aliphatic heterocycles. The van der Waals surface area contributed by atoms with Gasteiger partial charge in [0, 0.05) is 19.0 Å². The van der Waals surface area contributed by atoms with Gasteiger partial charge in [0.15, 0.2) is 5.78 Å². The summed E-state index contributed by atoms with van der Waals surface area (Å²) in [6, 6.07) is 8.23. The van der Waals surface area contributed by atoms with Crippen molar-refractivity contribution in [3.05, 3.63) is 56.4 Å². The molecule has 0 aliphatic rings. The summed E-state index contributed by atoms with van der Waals surface area (Å²) in [4.78, 5) is 14.4. The minimum Gasteiger partial charge on any atom is -0.301 e. The first-order chi connectivity index (χ1) is 9.97. The quantitative estimate of drug-likeness (QED) is 0.693. The van der Waals surface area contributed by atoms with Crippen molar-refractivity contribution < 1.29 is 9.18 Å². The maximum absolute atomic E-state index is 13.6. The van der Waals surface area contributed by atoms with Crippen molar-refractivity contribution >= 4 is 33.0 Å². The Morgan fingerprint density at radius 2 is 2.14 bits per heavy atom. The summed E-state index contributed by atoms with van der Waals surface area (Å²) in [5.74, 6) is -0.834. The third-order valence-corrected chi connectivity index (χ3v) is 4.80. The number of hydrogen-bond acceptors (Lipinski definition) is 3. The van der Waals surface area contributed by atoms with E-state index in [0.29, 0.717) is 6.54 Å². The number of carbonyl (C=O) groups is 1. The van der Waals surface area contributed by atoms with Crippen molar-refractivity contribution in [1.82, 2.24) is 4.90 Å². The van der Waals surface area contributed by atoms with Gasteiger partial charge in [0.05, 0.1) is 9.35 Å². The van der Waals surface area contributed by atoms with Crippen LogP contribution in [0.5, 0.6) is 0 Å². The van der Waals surface area contributed by atoms with Gasteiger partial charge in [-0.3, -0.25) is 4.79 Å². The number of thiophene rings is 1. The molecule has 112 valence electrons. The maximum Gasteiger partial charge on any atom is 0.169 e. The van der Waals surface area contributed by atoms with Crippen molar-refractivity contribution in [3.63, 3.8) is 0 Å². The van der Waals surface area contributed by atoms with E-state index in [2.05, 4.69) is 32.3 Å². The predicted octanol–water partition coefficient (Wildman–Crippen LogP) is 4.60. The SMILES string of the molecule is CC(CN(C)Cc1csc(Br)c1)C(=O)c1ccccc1F. The van der Waals surface area contributed by atoms with Crippen LogP contribution in [0.3, 0.4) is 0 Å². The fraction of sp³-hybridized carbons (Fsp3) is 0.312. The molecule has 0 N–H and O–H groups in total. The molecular weight excluding hydrogens is 353 g/mol. The second-order valence-corrected chi connectivity index (χ2v) is 7.49. The molecule has 1 heterocycles. The van der Waals surface area contributed by atoms with Crippen LogP contribution >= 0.6 is 27.3 Å². The summed E-state index contributed by atoms with van der Waals surface area (Å²) in [7, 11) is 1.97. The molecule has 0 spiro atoms. The average molecular weight is 370 g/mol. The lowest BCUT2D eigenvalue weighted by Crippen LogP contribution is -2.28. The summed E-state index contributed by atoms with van der Waals surface area (Å²) in [5, 5.41) is 2.09. The van der Waals surface area contributed by atoms with Crippen molar-refractivity contribution in [1.29, 1.82) is 0 Å². The summed E-state index contributed by atoms with van der Waals surface area (Å²) in [6.07, 6.45) is 0. The average Bonchev–Trinajstić information content (AvgIpc) is 2.83. The van der Waals surface area contributed by atoms with E-state index in [9.17, 15) is 9.18 Å². The number of Topliss-reactive ketones (excluding diaryl/α,β-unsaturated/α-hetero) is 1. The van der Waals surface area contributed by atoms with Gasteiger partial charge in [-0.25, -0.2) is 4.39 Å². The molecule has 0 saturated heterocycles. The Bertz CT molecular complexity index is 628. The highest BCUT2D eigenvalue weighted by Gasteiger charge is 2.19. The Morgan fingerprint density at radius 3 is 2.76 bits per heavy atom. The zero-order chi connectivity index (χ0) is 15.4. The molecule has 0 bridgehead atoms. The smallest absolute Gasteiger partial charge is 0.169 e. The van der Waals surface area contributed by atoms with Crippen LogP contribution in [0.25, 0.3) is 0 Å². The highest BCUT2D eigenvalue weighted by atomic mass is 79.9. The highest BCUT2D eigenvalue weighted by Crippen LogP contribution is 2.22. The van der Waals surface area contributed by atoms with E-state index in [1.165, 1.54) is 11.6 Å². The lowest BCUT2D eigenvalue weighted by Gasteiger charge is -2.20. The Labute approximate surface area is 136 Å². The van der Waals surface area contributed by atoms with E-state index in [1.807, 2.05) is 14.0 Å². The Morgan fingerprint density at radius 1 is 1.43 bits per heavy atom. The van der Waals surface area contributed by atoms with Gasteiger partial charge in [-0.05, 0) is 52.1 Å². The van der Waals surface area contributed by atoms with E-state index >= 15 is 0 Å². The first-order valence-electron chi connectivity index (χ1n) is 6.67. The number of nitrogens with zero attached hydrogens (tertiary/aromatic N) is 1. The van der Waals surface area contributed by atoms with Gasteiger partial charge in [0.1, 0.15) is 5.82 Å². The number of rotatable bonds is 6. The number of hydrogen-bond donors (Lipinski definition) is 0. The Hall–Kier alpha value is -1.04. The highest BCUT2D eigenvalue weighted by molar-refractivity contribution is 9.11. The number of ketones is 1. The molecule has 1 atom stereocenters. The molecular formula is C16H17BrFNOS. The van der Waals surface area contributed by atoms with Crippen LogP contribution in [0.15, 0.2) is 39.5 Å². The van der Waals surface area contributed by atoms with Gasteiger partial charge >= 0.3 is 0 Å². The van der Waals surface area contributed by atoms with Crippen LogP contribution in [0.4, 0.5) is 4.39 Å². The molecule has 0 radical (unpaired) electrons. The molecule has 1 aromatic carbocycles. The second kappa shape index (κ2) is 7.29. The van der Waals surface area contributed by atoms with Gasteiger partial charge in [-0.1, -0.05) is 19.1 Å². The summed E-state index contributed by atoms with van der Waals surface area (Å²) >= 11 is 5.08. The van der Waals surface area contributed by atoms with Gasteiger partial charge in [0.2, 0.25) is 0 Å². The first-order valence-corrected chi connectivity index (χ1v) is 8.35. The fourth-order valence-corrected chi connectivity index (χ4v) is 3.48. The lowest BCUT2D eigenvalue weighted by molar-refractivity contribution is 0.0897. The molecule has 0 amide bonds. The van der Waals surface area contributed by atoms with Gasteiger partial charge in [-0.2, -0.15) is 0 Å². The van der Waals surface area contributed by atoms with E-state index in [4.69, 9.17) is 0 Å². The van der Waals surface area contributed by atoms with Crippen molar-refractivity contribution in [2.75, 3.05) is 13.6 Å². The van der Waals surface area contributed by atoms with E-state index in [1.54, 1.807) is 29.5 Å². The van der Waals surface area contributed by atoms with Crippen LogP contribution in [0.1, 0.15) is 22.8 Å². The number of carbonyl (C=O) groups excluding carboxylic acids is 1. The van der Waals surface area contributed by atoms with E-state index < -0.39 is 5.82 Å². The molecule has 0 fully saturated rings. The van der Waals surface area contributed by atoms with E-state index in [0.717, 1.165) is 10.3 Å². The monoisotopic (exact) mass is 369 g/mol. The Kier molecular flexibility index (Phi) is 5.67. The normalized spacial score (nSPS) is 12.6. The van der Waals surface area contributed by atoms with E-state index in [-0.39, 0.29) is 17.3 Å².